The third-order valence-corrected chi connectivity index (χ3v) is 1.96. The summed E-state index contributed by atoms with van der Waals surface area (Å²) in [4.78, 5) is 0. The Kier molecular flexibility index (Phi) is 2.16. The Balaban J connectivity index is 2.55. The van der Waals surface area contributed by atoms with Crippen molar-refractivity contribution >= 4 is 0 Å². The summed E-state index contributed by atoms with van der Waals surface area (Å²) in [6.07, 6.45) is 3.28. The molecule has 3 N–H and O–H groups in total. The highest BCUT2D eigenvalue weighted by Gasteiger charge is 2.04. The van der Waals surface area contributed by atoms with Crippen molar-refractivity contribution in [3.63, 3.8) is 0 Å². The summed E-state index contributed by atoms with van der Waals surface area (Å²) in [6, 6.07) is 4.98. The van der Waals surface area contributed by atoms with Crippen LogP contribution >= 0.6 is 0 Å². The van der Waals surface area contributed by atoms with Crippen LogP contribution in [0.15, 0.2) is 30.6 Å². The molecule has 1 heterocycles. The molecule has 0 fully saturated rings. The minimum Gasteiger partial charge on any atom is -0.508 e. The highest BCUT2D eigenvalue weighted by Crippen LogP contribution is 2.19. The first kappa shape index (κ1) is 8.71. The second-order valence-corrected chi connectivity index (χ2v) is 2.86. The quantitative estimate of drug-likeness (QED) is 0.720. The van der Waals surface area contributed by atoms with E-state index in [0.29, 0.717) is 6.54 Å². The Morgan fingerprint density at radius 1 is 1.43 bits per heavy atom. The van der Waals surface area contributed by atoms with E-state index in [1.54, 1.807) is 35.3 Å². The zero-order chi connectivity index (χ0) is 9.97. The minimum absolute atomic E-state index is 0.188. The van der Waals surface area contributed by atoms with E-state index in [4.69, 9.17) is 5.73 Å². The zero-order valence-corrected chi connectivity index (χ0v) is 7.46. The summed E-state index contributed by atoms with van der Waals surface area (Å²) < 4.78 is 1.57. The van der Waals surface area contributed by atoms with Gasteiger partial charge in [-0.2, -0.15) is 0 Å². The molecule has 0 amide bonds. The Morgan fingerprint density at radius 2 is 2.29 bits per heavy atom. The monoisotopic (exact) mass is 190 g/mol. The maximum Gasteiger partial charge on any atom is 0.117 e. The predicted octanol–water partition coefficient (Wildman–Crippen LogP) is 0.432. The van der Waals surface area contributed by atoms with Gasteiger partial charge >= 0.3 is 0 Å². The number of nitrogens with two attached hydrogens (primary N) is 1. The van der Waals surface area contributed by atoms with Crippen LogP contribution in [0.25, 0.3) is 5.69 Å². The molecular formula is C9H10N4O. The number of phenols is 1. The van der Waals surface area contributed by atoms with Gasteiger partial charge in [-0.25, -0.2) is 4.68 Å². The van der Waals surface area contributed by atoms with E-state index in [2.05, 4.69) is 10.3 Å². The molecule has 0 spiro atoms. The second-order valence-electron chi connectivity index (χ2n) is 2.86. The molecule has 0 aliphatic rings. The van der Waals surface area contributed by atoms with Crippen molar-refractivity contribution in [1.29, 1.82) is 0 Å². The van der Waals surface area contributed by atoms with Gasteiger partial charge in [-0.3, -0.25) is 0 Å². The molecule has 0 atom stereocenters. The van der Waals surface area contributed by atoms with Gasteiger partial charge in [0, 0.05) is 12.6 Å². The number of hydrogen-bond donors (Lipinski definition) is 2. The molecule has 0 radical (unpaired) electrons. The fourth-order valence-electron chi connectivity index (χ4n) is 1.27. The average molecular weight is 190 g/mol. The van der Waals surface area contributed by atoms with Crippen molar-refractivity contribution in [3.8, 4) is 11.4 Å². The molecule has 0 aliphatic carbocycles. The first-order chi connectivity index (χ1) is 6.81. The predicted molar refractivity (Wildman–Crippen MR) is 50.9 cm³/mol. The van der Waals surface area contributed by atoms with Gasteiger partial charge in [-0.1, -0.05) is 11.3 Å². The number of aromatic nitrogens is 3. The van der Waals surface area contributed by atoms with Crippen LogP contribution in [0.5, 0.6) is 5.75 Å². The largest absolute Gasteiger partial charge is 0.508 e. The van der Waals surface area contributed by atoms with Crippen LogP contribution < -0.4 is 5.73 Å². The number of nitrogens with zero attached hydrogens (tertiary/aromatic N) is 3. The molecule has 0 saturated carbocycles. The maximum atomic E-state index is 9.33. The number of phenolic OH excluding ortho intramolecular Hbond substituents is 1. The first-order valence-electron chi connectivity index (χ1n) is 4.20. The lowest BCUT2D eigenvalue weighted by molar-refractivity contribution is 0.474. The Morgan fingerprint density at radius 3 is 2.93 bits per heavy atom. The standard InChI is InChI=1S/C9H10N4O/c10-6-7-1-2-8(14)5-9(7)13-4-3-11-12-13/h1-5,14H,6,10H2. The van der Waals surface area contributed by atoms with E-state index in [0.717, 1.165) is 11.3 Å². The van der Waals surface area contributed by atoms with Crippen LogP contribution in [-0.2, 0) is 6.54 Å². The second kappa shape index (κ2) is 3.47. The fourth-order valence-corrected chi connectivity index (χ4v) is 1.27. The van der Waals surface area contributed by atoms with Crippen molar-refractivity contribution in [2.24, 2.45) is 5.73 Å². The van der Waals surface area contributed by atoms with Crippen molar-refractivity contribution in [1.82, 2.24) is 15.0 Å². The molecule has 0 aliphatic heterocycles. The molecule has 1 aromatic heterocycles. The smallest absolute Gasteiger partial charge is 0.117 e. The molecular weight excluding hydrogens is 180 g/mol. The summed E-state index contributed by atoms with van der Waals surface area (Å²) in [7, 11) is 0. The highest BCUT2D eigenvalue weighted by molar-refractivity contribution is 5.45. The molecule has 2 aromatic rings. The van der Waals surface area contributed by atoms with Crippen molar-refractivity contribution in [2.45, 2.75) is 6.54 Å². The van der Waals surface area contributed by atoms with Gasteiger partial charge in [0.15, 0.2) is 0 Å². The lowest BCUT2D eigenvalue weighted by Crippen LogP contribution is -2.04. The van der Waals surface area contributed by atoms with E-state index < -0.39 is 0 Å². The van der Waals surface area contributed by atoms with E-state index in [9.17, 15) is 5.11 Å². The first-order valence-corrected chi connectivity index (χ1v) is 4.20. The number of aromatic hydroxyl groups is 1. The lowest BCUT2D eigenvalue weighted by Gasteiger charge is -2.06. The minimum atomic E-state index is 0.188. The van der Waals surface area contributed by atoms with Crippen LogP contribution in [0, 0.1) is 0 Å². The third-order valence-electron chi connectivity index (χ3n) is 1.96. The topological polar surface area (TPSA) is 77.0 Å². The molecule has 1 aromatic carbocycles. The lowest BCUT2D eigenvalue weighted by atomic mass is 10.1. The molecule has 2 rings (SSSR count). The van der Waals surface area contributed by atoms with Crippen LogP contribution in [0.2, 0.25) is 0 Å². The van der Waals surface area contributed by atoms with E-state index in [1.807, 2.05) is 0 Å². The fraction of sp³-hybridized carbons (Fsp3) is 0.111. The van der Waals surface area contributed by atoms with E-state index >= 15 is 0 Å². The highest BCUT2D eigenvalue weighted by atomic mass is 16.3. The third kappa shape index (κ3) is 1.45. The van der Waals surface area contributed by atoms with Crippen molar-refractivity contribution in [2.75, 3.05) is 0 Å². The van der Waals surface area contributed by atoms with Gasteiger partial charge in [0.1, 0.15) is 5.75 Å². The van der Waals surface area contributed by atoms with Gasteiger partial charge < -0.3 is 10.8 Å². The SMILES string of the molecule is NCc1ccc(O)cc1-n1ccnn1. The summed E-state index contributed by atoms with van der Waals surface area (Å²) in [5.41, 5.74) is 7.23. The van der Waals surface area contributed by atoms with Gasteiger partial charge in [-0.15, -0.1) is 5.10 Å². The number of rotatable bonds is 2. The Bertz CT molecular complexity index is 424. The van der Waals surface area contributed by atoms with E-state index in [-0.39, 0.29) is 5.75 Å². The van der Waals surface area contributed by atoms with Crippen LogP contribution in [0.3, 0.4) is 0 Å². The maximum absolute atomic E-state index is 9.33. The van der Waals surface area contributed by atoms with E-state index in [1.165, 1.54) is 0 Å². The van der Waals surface area contributed by atoms with Gasteiger partial charge in [0.05, 0.1) is 18.1 Å². The van der Waals surface area contributed by atoms with Crippen LogP contribution in [0.1, 0.15) is 5.56 Å². The molecule has 0 saturated heterocycles. The molecule has 0 unspecified atom stereocenters. The Hall–Kier alpha value is -1.88. The normalized spacial score (nSPS) is 10.4. The van der Waals surface area contributed by atoms with Crippen molar-refractivity contribution < 1.29 is 5.11 Å². The van der Waals surface area contributed by atoms with Gasteiger partial charge in [0.2, 0.25) is 0 Å². The molecule has 0 bridgehead atoms. The molecule has 5 heteroatoms. The van der Waals surface area contributed by atoms with Crippen molar-refractivity contribution in [3.05, 3.63) is 36.2 Å². The zero-order valence-electron chi connectivity index (χ0n) is 7.46. The summed E-state index contributed by atoms with van der Waals surface area (Å²) >= 11 is 0. The van der Waals surface area contributed by atoms with Gasteiger partial charge in [-0.05, 0) is 11.6 Å². The van der Waals surface area contributed by atoms with Crippen LogP contribution in [-0.4, -0.2) is 20.1 Å². The van der Waals surface area contributed by atoms with Gasteiger partial charge in [0.25, 0.3) is 0 Å². The summed E-state index contributed by atoms with van der Waals surface area (Å²) in [5.74, 6) is 0.188. The number of hydrogen-bond acceptors (Lipinski definition) is 4. The summed E-state index contributed by atoms with van der Waals surface area (Å²) in [5, 5.41) is 16.9. The number of benzene rings is 1. The molecule has 14 heavy (non-hydrogen) atoms. The summed E-state index contributed by atoms with van der Waals surface area (Å²) in [6.45, 7) is 0.398. The molecule has 5 nitrogen and oxygen atoms in total. The average Bonchev–Trinajstić information content (AvgIpc) is 2.70. The van der Waals surface area contributed by atoms with Crippen LogP contribution in [0.4, 0.5) is 0 Å². The Labute approximate surface area is 80.8 Å². The molecule has 72 valence electrons.